The van der Waals surface area contributed by atoms with Gasteiger partial charge in [0.25, 0.3) is 0 Å². The summed E-state index contributed by atoms with van der Waals surface area (Å²) < 4.78 is 0. The molecule has 2 aromatic carbocycles. The summed E-state index contributed by atoms with van der Waals surface area (Å²) in [6.07, 6.45) is 0.445. The van der Waals surface area contributed by atoms with Crippen LogP contribution in [0.3, 0.4) is 0 Å². The van der Waals surface area contributed by atoms with Crippen molar-refractivity contribution in [2.24, 2.45) is 0 Å². The van der Waals surface area contributed by atoms with E-state index < -0.39 is 6.04 Å². The number of rotatable bonds is 8. The summed E-state index contributed by atoms with van der Waals surface area (Å²) in [6, 6.07) is 17.0. The Balaban J connectivity index is 1.62. The minimum Gasteiger partial charge on any atom is -0.344 e. The number of tetrazole rings is 1. The molecule has 0 saturated carbocycles. The lowest BCUT2D eigenvalue weighted by Crippen LogP contribution is -2.43. The molecule has 29 heavy (non-hydrogen) atoms. The number of aromatic nitrogens is 4. The fraction of sp³-hybridized carbons (Fsp3) is 0.318. The fourth-order valence-corrected chi connectivity index (χ4v) is 2.96. The van der Waals surface area contributed by atoms with Gasteiger partial charge in [0.15, 0.2) is 5.78 Å². The Morgan fingerprint density at radius 3 is 2.34 bits per heavy atom. The van der Waals surface area contributed by atoms with Crippen molar-refractivity contribution in [1.82, 2.24) is 25.5 Å². The predicted octanol–water partition coefficient (Wildman–Crippen LogP) is 2.78. The normalized spacial score (nSPS) is 12.0. The standard InChI is InChI=1S/C22H25N5O2/c1-15(2)18-9-11-19(12-10-18)22-24-26-27(25-22)14-21(29)23-20(16(3)28)13-17-7-5-4-6-8-17/h4-12,15,20H,13-14H2,1-3H3,(H,23,29). The molecule has 0 bridgehead atoms. The van der Waals surface area contributed by atoms with Crippen LogP contribution in [0.2, 0.25) is 0 Å². The molecule has 7 heteroatoms. The lowest BCUT2D eigenvalue weighted by molar-refractivity contribution is -0.127. The van der Waals surface area contributed by atoms with Crippen LogP contribution in [0.25, 0.3) is 11.4 Å². The number of nitrogens with one attached hydrogen (secondary N) is 1. The van der Waals surface area contributed by atoms with Crippen LogP contribution in [-0.2, 0) is 22.6 Å². The zero-order valence-corrected chi connectivity index (χ0v) is 16.9. The number of ketones is 1. The number of carbonyl (C=O) groups excluding carboxylic acids is 2. The highest BCUT2D eigenvalue weighted by atomic mass is 16.2. The Kier molecular flexibility index (Phi) is 6.49. The fourth-order valence-electron chi connectivity index (χ4n) is 2.96. The molecule has 1 N–H and O–H groups in total. The molecule has 0 radical (unpaired) electrons. The van der Waals surface area contributed by atoms with Gasteiger partial charge in [0.2, 0.25) is 11.7 Å². The minimum absolute atomic E-state index is 0.0975. The molecule has 3 aromatic rings. The van der Waals surface area contributed by atoms with Crippen molar-refractivity contribution in [3.8, 4) is 11.4 Å². The Morgan fingerprint density at radius 2 is 1.72 bits per heavy atom. The van der Waals surface area contributed by atoms with Crippen molar-refractivity contribution < 1.29 is 9.59 Å². The molecular formula is C22H25N5O2. The van der Waals surface area contributed by atoms with Crippen molar-refractivity contribution in [2.45, 2.75) is 45.7 Å². The first-order valence-corrected chi connectivity index (χ1v) is 9.64. The molecule has 0 aliphatic heterocycles. The molecule has 0 aliphatic carbocycles. The molecule has 0 saturated heterocycles. The van der Waals surface area contributed by atoms with E-state index >= 15 is 0 Å². The lowest BCUT2D eigenvalue weighted by Gasteiger charge is -2.15. The zero-order valence-electron chi connectivity index (χ0n) is 16.9. The molecule has 1 amide bonds. The van der Waals surface area contributed by atoms with E-state index in [-0.39, 0.29) is 18.2 Å². The quantitative estimate of drug-likeness (QED) is 0.638. The van der Waals surface area contributed by atoms with Crippen LogP contribution in [-0.4, -0.2) is 37.9 Å². The molecule has 1 atom stereocenters. The van der Waals surface area contributed by atoms with Gasteiger partial charge in [0, 0.05) is 5.56 Å². The first-order valence-electron chi connectivity index (χ1n) is 9.64. The molecule has 3 rings (SSSR count). The summed E-state index contributed by atoms with van der Waals surface area (Å²) in [5.41, 5.74) is 3.06. The summed E-state index contributed by atoms with van der Waals surface area (Å²) in [5.74, 6) is 0.474. The molecule has 0 spiro atoms. The van der Waals surface area contributed by atoms with E-state index in [2.05, 4.69) is 34.6 Å². The summed E-state index contributed by atoms with van der Waals surface area (Å²) in [5, 5.41) is 15.0. The Labute approximate surface area is 170 Å². The zero-order chi connectivity index (χ0) is 20.8. The molecule has 1 heterocycles. The maximum atomic E-state index is 12.4. The molecule has 0 aliphatic rings. The minimum atomic E-state index is -0.587. The maximum absolute atomic E-state index is 12.4. The van der Waals surface area contributed by atoms with E-state index in [9.17, 15) is 9.59 Å². The first-order chi connectivity index (χ1) is 13.9. The Bertz CT molecular complexity index is 964. The third-order valence-corrected chi connectivity index (χ3v) is 4.68. The highest BCUT2D eigenvalue weighted by Crippen LogP contribution is 2.19. The number of hydrogen-bond donors (Lipinski definition) is 1. The molecule has 1 unspecified atom stereocenters. The van der Waals surface area contributed by atoms with Crippen LogP contribution in [0.4, 0.5) is 0 Å². The van der Waals surface area contributed by atoms with Gasteiger partial charge < -0.3 is 5.32 Å². The summed E-state index contributed by atoms with van der Waals surface area (Å²) in [4.78, 5) is 25.6. The van der Waals surface area contributed by atoms with E-state index in [0.29, 0.717) is 18.2 Å². The second-order valence-electron chi connectivity index (χ2n) is 7.34. The first kappa shape index (κ1) is 20.4. The molecule has 150 valence electrons. The van der Waals surface area contributed by atoms with Crippen LogP contribution in [0.5, 0.6) is 0 Å². The number of Topliss-reactive ketones (excluding diaryl/α,β-unsaturated/α-hetero) is 1. The van der Waals surface area contributed by atoms with Crippen LogP contribution in [0, 0.1) is 0 Å². The summed E-state index contributed by atoms with van der Waals surface area (Å²) in [7, 11) is 0. The van der Waals surface area contributed by atoms with Gasteiger partial charge in [0.05, 0.1) is 6.04 Å². The van der Waals surface area contributed by atoms with Crippen LogP contribution < -0.4 is 5.32 Å². The molecular weight excluding hydrogens is 366 g/mol. The van der Waals surface area contributed by atoms with Crippen molar-refractivity contribution >= 4 is 11.7 Å². The Morgan fingerprint density at radius 1 is 1.03 bits per heavy atom. The molecule has 0 fully saturated rings. The van der Waals surface area contributed by atoms with Crippen molar-refractivity contribution in [1.29, 1.82) is 0 Å². The third kappa shape index (κ3) is 5.57. The smallest absolute Gasteiger partial charge is 0.244 e. The van der Waals surface area contributed by atoms with Gasteiger partial charge in [-0.1, -0.05) is 68.4 Å². The van der Waals surface area contributed by atoms with E-state index in [1.54, 1.807) is 0 Å². The number of benzene rings is 2. The molecule has 1 aromatic heterocycles. The number of nitrogens with zero attached hydrogens (tertiary/aromatic N) is 4. The van der Waals surface area contributed by atoms with Gasteiger partial charge in [-0.05, 0) is 35.6 Å². The second kappa shape index (κ2) is 9.23. The van der Waals surface area contributed by atoms with Crippen molar-refractivity contribution in [3.63, 3.8) is 0 Å². The largest absolute Gasteiger partial charge is 0.344 e. The lowest BCUT2D eigenvalue weighted by atomic mass is 10.0. The second-order valence-corrected chi connectivity index (χ2v) is 7.34. The van der Waals surface area contributed by atoms with E-state index in [4.69, 9.17) is 0 Å². The number of hydrogen-bond acceptors (Lipinski definition) is 5. The average Bonchev–Trinajstić information content (AvgIpc) is 3.16. The van der Waals surface area contributed by atoms with E-state index in [1.807, 2.05) is 54.6 Å². The van der Waals surface area contributed by atoms with Crippen molar-refractivity contribution in [3.05, 3.63) is 65.7 Å². The van der Waals surface area contributed by atoms with Crippen molar-refractivity contribution in [2.75, 3.05) is 0 Å². The van der Waals surface area contributed by atoms with Gasteiger partial charge in [0.1, 0.15) is 6.54 Å². The topological polar surface area (TPSA) is 89.8 Å². The Hall–Kier alpha value is -3.35. The SMILES string of the molecule is CC(=O)C(Cc1ccccc1)NC(=O)Cn1nnc(-c2ccc(C(C)C)cc2)n1. The highest BCUT2D eigenvalue weighted by molar-refractivity contribution is 5.87. The van der Waals surface area contributed by atoms with Crippen LogP contribution >= 0.6 is 0 Å². The highest BCUT2D eigenvalue weighted by Gasteiger charge is 2.18. The average molecular weight is 391 g/mol. The van der Waals surface area contributed by atoms with Gasteiger partial charge in [-0.2, -0.15) is 4.80 Å². The number of amides is 1. The monoisotopic (exact) mass is 391 g/mol. The van der Waals surface area contributed by atoms with E-state index in [1.165, 1.54) is 17.3 Å². The molecule has 7 nitrogen and oxygen atoms in total. The van der Waals surface area contributed by atoms with Gasteiger partial charge >= 0.3 is 0 Å². The van der Waals surface area contributed by atoms with Gasteiger partial charge in [-0.3, -0.25) is 9.59 Å². The van der Waals surface area contributed by atoms with E-state index in [0.717, 1.165) is 11.1 Å². The maximum Gasteiger partial charge on any atom is 0.244 e. The van der Waals surface area contributed by atoms with Gasteiger partial charge in [-0.25, -0.2) is 0 Å². The van der Waals surface area contributed by atoms with Crippen LogP contribution in [0.15, 0.2) is 54.6 Å². The summed E-state index contributed by atoms with van der Waals surface area (Å²) >= 11 is 0. The summed E-state index contributed by atoms with van der Waals surface area (Å²) in [6.45, 7) is 5.64. The van der Waals surface area contributed by atoms with Crippen LogP contribution in [0.1, 0.15) is 37.8 Å². The predicted molar refractivity (Wildman–Crippen MR) is 110 cm³/mol. The third-order valence-electron chi connectivity index (χ3n) is 4.68. The number of carbonyl (C=O) groups is 2. The van der Waals surface area contributed by atoms with Gasteiger partial charge in [-0.15, -0.1) is 10.2 Å².